The number of halogens is 1. The van der Waals surface area contributed by atoms with E-state index in [2.05, 4.69) is 0 Å². The van der Waals surface area contributed by atoms with Gasteiger partial charge >= 0.3 is 0 Å². The zero-order valence-electron chi connectivity index (χ0n) is 10.4. The summed E-state index contributed by atoms with van der Waals surface area (Å²) in [4.78, 5) is 0. The number of alkyl halides is 1. The van der Waals surface area contributed by atoms with E-state index in [0.717, 1.165) is 16.9 Å². The topological polar surface area (TPSA) is 27.7 Å². The van der Waals surface area contributed by atoms with E-state index in [4.69, 9.17) is 25.8 Å². The van der Waals surface area contributed by atoms with Crippen molar-refractivity contribution in [1.29, 1.82) is 0 Å². The average Bonchev–Trinajstić information content (AvgIpc) is 2.35. The lowest BCUT2D eigenvalue weighted by Gasteiger charge is -2.12. The van der Waals surface area contributed by atoms with Gasteiger partial charge in [-0.05, 0) is 12.5 Å². The van der Waals surface area contributed by atoms with Gasteiger partial charge in [0, 0.05) is 12.7 Å². The average molecular weight is 259 g/mol. The fourth-order valence-corrected chi connectivity index (χ4v) is 1.68. The number of aryl methyl sites for hydroxylation is 1. The lowest BCUT2D eigenvalue weighted by Crippen LogP contribution is -2.11. The third-order valence-corrected chi connectivity index (χ3v) is 2.63. The lowest BCUT2D eigenvalue weighted by atomic mass is 10.1. The van der Waals surface area contributed by atoms with Gasteiger partial charge in [0.15, 0.2) is 0 Å². The van der Waals surface area contributed by atoms with Crippen molar-refractivity contribution in [3.05, 3.63) is 29.3 Å². The van der Waals surface area contributed by atoms with Crippen molar-refractivity contribution in [3.63, 3.8) is 0 Å². The van der Waals surface area contributed by atoms with Crippen molar-refractivity contribution >= 4 is 11.6 Å². The highest BCUT2D eigenvalue weighted by molar-refractivity contribution is 6.17. The van der Waals surface area contributed by atoms with E-state index in [-0.39, 0.29) is 0 Å². The highest BCUT2D eigenvalue weighted by atomic mass is 35.5. The number of hydrogen-bond donors (Lipinski definition) is 0. The molecule has 1 rings (SSSR count). The summed E-state index contributed by atoms with van der Waals surface area (Å²) in [5.74, 6) is 1.33. The van der Waals surface area contributed by atoms with Gasteiger partial charge in [-0.2, -0.15) is 0 Å². The molecule has 96 valence electrons. The molecule has 0 aromatic heterocycles. The van der Waals surface area contributed by atoms with Gasteiger partial charge in [0.1, 0.15) is 12.4 Å². The molecule has 0 saturated heterocycles. The van der Waals surface area contributed by atoms with Crippen LogP contribution >= 0.6 is 11.6 Å². The van der Waals surface area contributed by atoms with Gasteiger partial charge in [-0.15, -0.1) is 11.6 Å². The van der Waals surface area contributed by atoms with Crippen LogP contribution in [0.3, 0.4) is 0 Å². The van der Waals surface area contributed by atoms with E-state index in [1.165, 1.54) is 0 Å². The monoisotopic (exact) mass is 258 g/mol. The Morgan fingerprint density at radius 1 is 1.12 bits per heavy atom. The van der Waals surface area contributed by atoms with Crippen LogP contribution in [0.25, 0.3) is 0 Å². The lowest BCUT2D eigenvalue weighted by molar-refractivity contribution is 0.0542. The van der Waals surface area contributed by atoms with Gasteiger partial charge in [-0.3, -0.25) is 0 Å². The first kappa shape index (κ1) is 14.3. The highest BCUT2D eigenvalue weighted by Gasteiger charge is 2.05. The van der Waals surface area contributed by atoms with Crippen molar-refractivity contribution < 1.29 is 14.2 Å². The third-order valence-electron chi connectivity index (χ3n) is 2.34. The van der Waals surface area contributed by atoms with Crippen LogP contribution in [0.1, 0.15) is 11.1 Å². The van der Waals surface area contributed by atoms with Crippen LogP contribution in [0, 0.1) is 6.92 Å². The van der Waals surface area contributed by atoms with Crippen LogP contribution in [0.4, 0.5) is 0 Å². The van der Waals surface area contributed by atoms with Gasteiger partial charge in [0.05, 0.1) is 25.7 Å². The molecule has 0 aliphatic carbocycles. The first-order valence-corrected chi connectivity index (χ1v) is 6.17. The summed E-state index contributed by atoms with van der Waals surface area (Å²) in [7, 11) is 1.65. The summed E-state index contributed by atoms with van der Waals surface area (Å²) in [6.07, 6.45) is 0. The second-order valence-corrected chi connectivity index (χ2v) is 3.92. The number of hydrogen-bond acceptors (Lipinski definition) is 3. The SMILES string of the molecule is COCCOCCOc1c(C)cccc1CCl. The van der Waals surface area contributed by atoms with E-state index in [0.29, 0.717) is 32.3 Å². The van der Waals surface area contributed by atoms with Crippen LogP contribution in [0.15, 0.2) is 18.2 Å². The predicted octanol–water partition coefficient (Wildman–Crippen LogP) is 2.78. The Morgan fingerprint density at radius 3 is 2.59 bits per heavy atom. The summed E-state index contributed by atoms with van der Waals surface area (Å²) in [5.41, 5.74) is 2.11. The summed E-state index contributed by atoms with van der Waals surface area (Å²) in [5, 5.41) is 0. The summed E-state index contributed by atoms with van der Waals surface area (Å²) in [6, 6.07) is 5.97. The van der Waals surface area contributed by atoms with Crippen LogP contribution < -0.4 is 4.74 Å². The zero-order chi connectivity index (χ0) is 12.5. The molecule has 4 heteroatoms. The smallest absolute Gasteiger partial charge is 0.126 e. The quantitative estimate of drug-likeness (QED) is 0.530. The Morgan fingerprint density at radius 2 is 1.88 bits per heavy atom. The second kappa shape index (κ2) is 8.34. The van der Waals surface area contributed by atoms with Crippen molar-refractivity contribution in [1.82, 2.24) is 0 Å². The Labute approximate surface area is 108 Å². The Bertz CT molecular complexity index is 328. The molecule has 0 atom stereocenters. The number of benzene rings is 1. The molecule has 0 heterocycles. The number of rotatable bonds is 8. The minimum atomic E-state index is 0.460. The van der Waals surface area contributed by atoms with Crippen molar-refractivity contribution in [2.75, 3.05) is 33.5 Å². The first-order chi connectivity index (χ1) is 8.29. The molecule has 3 nitrogen and oxygen atoms in total. The number of para-hydroxylation sites is 1. The summed E-state index contributed by atoms with van der Waals surface area (Å²) >= 11 is 5.86. The number of methoxy groups -OCH3 is 1. The molecule has 0 saturated carbocycles. The fraction of sp³-hybridized carbons (Fsp3) is 0.538. The molecule has 0 aliphatic heterocycles. The Hall–Kier alpha value is -0.770. The van der Waals surface area contributed by atoms with Gasteiger partial charge in [-0.1, -0.05) is 18.2 Å². The maximum absolute atomic E-state index is 5.86. The fourth-order valence-electron chi connectivity index (χ4n) is 1.47. The van der Waals surface area contributed by atoms with Crippen molar-refractivity contribution in [2.24, 2.45) is 0 Å². The normalized spacial score (nSPS) is 10.5. The van der Waals surface area contributed by atoms with Crippen molar-refractivity contribution in [3.8, 4) is 5.75 Å². The second-order valence-electron chi connectivity index (χ2n) is 3.65. The molecule has 0 aliphatic rings. The van der Waals surface area contributed by atoms with Gasteiger partial charge < -0.3 is 14.2 Å². The van der Waals surface area contributed by atoms with Crippen LogP contribution in [-0.4, -0.2) is 33.5 Å². The summed E-state index contributed by atoms with van der Waals surface area (Å²) < 4.78 is 15.9. The Kier molecular flexibility index (Phi) is 7.01. The van der Waals surface area contributed by atoms with Crippen LogP contribution in [0.2, 0.25) is 0 Å². The minimum Gasteiger partial charge on any atom is -0.491 e. The minimum absolute atomic E-state index is 0.460. The summed E-state index contributed by atoms with van der Waals surface area (Å²) in [6.45, 7) is 4.29. The van der Waals surface area contributed by atoms with E-state index < -0.39 is 0 Å². The standard InChI is InChI=1S/C13H19ClO3/c1-11-4-3-5-12(10-14)13(11)17-9-8-16-7-6-15-2/h3-5H,6-10H2,1-2H3. The highest BCUT2D eigenvalue weighted by Crippen LogP contribution is 2.24. The molecular weight excluding hydrogens is 240 g/mol. The van der Waals surface area contributed by atoms with E-state index in [1.807, 2.05) is 25.1 Å². The molecule has 0 spiro atoms. The van der Waals surface area contributed by atoms with Crippen LogP contribution in [0.5, 0.6) is 5.75 Å². The molecule has 17 heavy (non-hydrogen) atoms. The molecule has 0 bridgehead atoms. The van der Waals surface area contributed by atoms with E-state index in [1.54, 1.807) is 7.11 Å². The molecule has 0 radical (unpaired) electrons. The number of ether oxygens (including phenoxy) is 3. The van der Waals surface area contributed by atoms with Gasteiger partial charge in [-0.25, -0.2) is 0 Å². The molecular formula is C13H19ClO3. The largest absolute Gasteiger partial charge is 0.491 e. The van der Waals surface area contributed by atoms with Gasteiger partial charge in [0.25, 0.3) is 0 Å². The molecule has 0 N–H and O–H groups in total. The van der Waals surface area contributed by atoms with Crippen molar-refractivity contribution in [2.45, 2.75) is 12.8 Å². The molecule has 1 aromatic rings. The maximum Gasteiger partial charge on any atom is 0.126 e. The maximum atomic E-state index is 5.86. The van der Waals surface area contributed by atoms with E-state index in [9.17, 15) is 0 Å². The zero-order valence-corrected chi connectivity index (χ0v) is 11.1. The van der Waals surface area contributed by atoms with Gasteiger partial charge in [0.2, 0.25) is 0 Å². The predicted molar refractivity (Wildman–Crippen MR) is 68.9 cm³/mol. The molecule has 0 amide bonds. The molecule has 0 fully saturated rings. The Balaban J connectivity index is 2.35. The van der Waals surface area contributed by atoms with Crippen LogP contribution in [-0.2, 0) is 15.4 Å². The van der Waals surface area contributed by atoms with E-state index >= 15 is 0 Å². The first-order valence-electron chi connectivity index (χ1n) is 5.63. The third kappa shape index (κ3) is 4.94. The molecule has 1 aromatic carbocycles. The molecule has 0 unspecified atom stereocenters.